The van der Waals surface area contributed by atoms with Crippen LogP contribution in [0.1, 0.15) is 37.3 Å². The summed E-state index contributed by atoms with van der Waals surface area (Å²) in [4.78, 5) is 42.3. The zero-order chi connectivity index (χ0) is 23.4. The molecule has 0 atom stereocenters. The number of likely N-dealkylation sites (tertiary alicyclic amines) is 1. The summed E-state index contributed by atoms with van der Waals surface area (Å²) in [5, 5.41) is 14.8. The van der Waals surface area contributed by atoms with Gasteiger partial charge in [-0.15, -0.1) is 0 Å². The molecule has 33 heavy (non-hydrogen) atoms. The molecule has 1 aromatic heterocycles. The quantitative estimate of drug-likeness (QED) is 0.270. The van der Waals surface area contributed by atoms with E-state index in [9.17, 15) is 14.4 Å². The van der Waals surface area contributed by atoms with Crippen LogP contribution in [0, 0.1) is 5.92 Å². The third-order valence-corrected chi connectivity index (χ3v) is 6.50. The van der Waals surface area contributed by atoms with Crippen LogP contribution in [-0.4, -0.2) is 44.9 Å². The summed E-state index contributed by atoms with van der Waals surface area (Å²) in [6.45, 7) is 3.06. The van der Waals surface area contributed by atoms with Crippen molar-refractivity contribution in [1.29, 1.82) is 0 Å². The lowest BCUT2D eigenvalue weighted by Crippen LogP contribution is -2.43. The van der Waals surface area contributed by atoms with E-state index in [4.69, 9.17) is 5.21 Å². The Labute approximate surface area is 191 Å². The van der Waals surface area contributed by atoms with Crippen molar-refractivity contribution in [2.24, 2.45) is 11.1 Å². The number of carbonyl (C=O) groups excluding carboxylic acids is 1. The number of hydrogen-bond donors (Lipinski definition) is 3. The second kappa shape index (κ2) is 9.89. The maximum absolute atomic E-state index is 12.7. The summed E-state index contributed by atoms with van der Waals surface area (Å²) >= 11 is 0. The minimum absolute atomic E-state index is 0.115. The molecule has 4 rings (SSSR count). The number of amides is 1. The summed E-state index contributed by atoms with van der Waals surface area (Å²) in [7, 11) is 0. The van der Waals surface area contributed by atoms with Crippen molar-refractivity contribution in [2.75, 3.05) is 18.4 Å². The predicted octanol–water partition coefficient (Wildman–Crippen LogP) is 2.41. The molecule has 3 N–H and O–H groups in total. The van der Waals surface area contributed by atoms with Gasteiger partial charge in [0.1, 0.15) is 5.82 Å². The van der Waals surface area contributed by atoms with E-state index >= 15 is 0 Å². The largest absolute Gasteiger partial charge is 0.411 e. The first-order chi connectivity index (χ1) is 16.0. The SMILES string of the molecule is C/C=C(/C=N\O)C(=O)N1CCC(Cn2c(=O)cc(Nc3ccc4c(c3)CCC4)[nH]c2=O)CC1. The van der Waals surface area contributed by atoms with E-state index in [2.05, 4.69) is 27.6 Å². The summed E-state index contributed by atoms with van der Waals surface area (Å²) < 4.78 is 1.23. The molecular formula is C24H29N5O4. The molecular weight excluding hydrogens is 422 g/mol. The van der Waals surface area contributed by atoms with Gasteiger partial charge in [-0.05, 0) is 68.2 Å². The summed E-state index contributed by atoms with van der Waals surface area (Å²) in [5.74, 6) is 0.304. The number of aryl methyl sites for hydroxylation is 2. The van der Waals surface area contributed by atoms with Crippen molar-refractivity contribution in [3.63, 3.8) is 0 Å². The van der Waals surface area contributed by atoms with Crippen LogP contribution in [0.25, 0.3) is 0 Å². The van der Waals surface area contributed by atoms with Gasteiger partial charge in [0.2, 0.25) is 0 Å². The Morgan fingerprint density at radius 3 is 2.67 bits per heavy atom. The highest BCUT2D eigenvalue weighted by Gasteiger charge is 2.25. The Morgan fingerprint density at radius 1 is 1.21 bits per heavy atom. The van der Waals surface area contributed by atoms with E-state index in [0.29, 0.717) is 43.9 Å². The Kier molecular flexibility index (Phi) is 6.76. The number of hydrogen-bond acceptors (Lipinski definition) is 6. The monoisotopic (exact) mass is 451 g/mol. The predicted molar refractivity (Wildman–Crippen MR) is 126 cm³/mol. The summed E-state index contributed by atoms with van der Waals surface area (Å²) in [5.41, 5.74) is 3.06. The van der Waals surface area contributed by atoms with Gasteiger partial charge >= 0.3 is 5.69 Å². The third kappa shape index (κ3) is 5.08. The number of benzene rings is 1. The first-order valence-corrected chi connectivity index (χ1v) is 11.3. The van der Waals surface area contributed by atoms with Gasteiger partial charge in [-0.2, -0.15) is 0 Å². The van der Waals surface area contributed by atoms with Crippen LogP contribution in [-0.2, 0) is 24.2 Å². The second-order valence-electron chi connectivity index (χ2n) is 8.62. The molecule has 0 spiro atoms. The number of allylic oxidation sites excluding steroid dienone is 1. The number of rotatable bonds is 6. The standard InChI is InChI=1S/C24H29N5O4/c1-2-17(14-25-33)23(31)28-10-8-16(9-11-28)15-29-22(30)13-21(27-24(29)32)26-20-7-6-18-4-3-5-19(18)12-20/h2,6-7,12-14,16,26,33H,3-5,8-11,15H2,1H3,(H,27,32)/b17-2-,25-14-. The lowest BCUT2D eigenvalue weighted by atomic mass is 9.96. The van der Waals surface area contributed by atoms with Crippen molar-refractivity contribution < 1.29 is 10.0 Å². The number of aromatic amines is 1. The molecule has 174 valence electrons. The van der Waals surface area contributed by atoms with Crippen molar-refractivity contribution in [3.8, 4) is 0 Å². The lowest BCUT2D eigenvalue weighted by molar-refractivity contribution is -0.128. The van der Waals surface area contributed by atoms with E-state index in [0.717, 1.165) is 31.2 Å². The summed E-state index contributed by atoms with van der Waals surface area (Å²) in [6.07, 6.45) is 7.41. The van der Waals surface area contributed by atoms with Crippen molar-refractivity contribution in [1.82, 2.24) is 14.5 Å². The highest BCUT2D eigenvalue weighted by atomic mass is 16.4. The molecule has 2 aliphatic rings. The number of anilines is 2. The van der Waals surface area contributed by atoms with Crippen LogP contribution in [0.15, 0.2) is 50.7 Å². The molecule has 9 nitrogen and oxygen atoms in total. The number of nitrogens with one attached hydrogen (secondary N) is 2. The van der Waals surface area contributed by atoms with Crippen LogP contribution < -0.4 is 16.6 Å². The molecule has 1 amide bonds. The van der Waals surface area contributed by atoms with Crippen LogP contribution in [0.3, 0.4) is 0 Å². The fourth-order valence-electron chi connectivity index (χ4n) is 4.64. The Bertz CT molecular complexity index is 1170. The van der Waals surface area contributed by atoms with Crippen molar-refractivity contribution in [3.05, 3.63) is 67.9 Å². The van der Waals surface area contributed by atoms with Gasteiger partial charge in [0.05, 0.1) is 11.8 Å². The first kappa shape index (κ1) is 22.6. The highest BCUT2D eigenvalue weighted by molar-refractivity contribution is 6.11. The number of oxime groups is 1. The normalized spacial score (nSPS) is 16.9. The molecule has 1 aromatic carbocycles. The van der Waals surface area contributed by atoms with Gasteiger partial charge in [0, 0.05) is 31.4 Å². The average molecular weight is 452 g/mol. The molecule has 0 bridgehead atoms. The number of H-pyrrole nitrogens is 1. The third-order valence-electron chi connectivity index (χ3n) is 6.50. The number of aromatic nitrogens is 2. The van der Waals surface area contributed by atoms with Crippen molar-refractivity contribution >= 4 is 23.6 Å². The van der Waals surface area contributed by atoms with Crippen molar-refractivity contribution in [2.45, 2.75) is 45.6 Å². The molecule has 1 aliphatic heterocycles. The molecule has 1 fully saturated rings. The number of nitrogens with zero attached hydrogens (tertiary/aromatic N) is 3. The highest BCUT2D eigenvalue weighted by Crippen LogP contribution is 2.26. The molecule has 2 aromatic rings. The number of piperidine rings is 1. The van der Waals surface area contributed by atoms with Crippen LogP contribution in [0.2, 0.25) is 0 Å². The van der Waals surface area contributed by atoms with Crippen LogP contribution in [0.4, 0.5) is 11.5 Å². The lowest BCUT2D eigenvalue weighted by Gasteiger charge is -2.32. The van der Waals surface area contributed by atoms with E-state index in [1.807, 2.05) is 6.07 Å². The molecule has 9 heteroatoms. The molecule has 1 saturated heterocycles. The van der Waals surface area contributed by atoms with E-state index in [-0.39, 0.29) is 17.4 Å². The Morgan fingerprint density at radius 2 is 1.97 bits per heavy atom. The smallest absolute Gasteiger partial charge is 0.329 e. The maximum atomic E-state index is 12.7. The number of fused-ring (bicyclic) bond motifs is 1. The van der Waals surface area contributed by atoms with Gasteiger partial charge in [0.15, 0.2) is 0 Å². The van der Waals surface area contributed by atoms with Gasteiger partial charge in [-0.1, -0.05) is 17.3 Å². The zero-order valence-electron chi connectivity index (χ0n) is 18.7. The average Bonchev–Trinajstić information content (AvgIpc) is 3.28. The fourth-order valence-corrected chi connectivity index (χ4v) is 4.64. The maximum Gasteiger partial charge on any atom is 0.329 e. The molecule has 0 radical (unpaired) electrons. The second-order valence-corrected chi connectivity index (χ2v) is 8.62. The Hall–Kier alpha value is -3.62. The van der Waals surface area contributed by atoms with Crippen LogP contribution in [0.5, 0.6) is 0 Å². The van der Waals surface area contributed by atoms with E-state index < -0.39 is 5.69 Å². The fraction of sp³-hybridized carbons (Fsp3) is 0.417. The molecule has 0 unspecified atom stereocenters. The van der Waals surface area contributed by atoms with Gasteiger partial charge in [0.25, 0.3) is 11.5 Å². The van der Waals surface area contributed by atoms with Crippen LogP contribution >= 0.6 is 0 Å². The first-order valence-electron chi connectivity index (χ1n) is 11.3. The van der Waals surface area contributed by atoms with E-state index in [1.165, 1.54) is 21.8 Å². The topological polar surface area (TPSA) is 120 Å². The summed E-state index contributed by atoms with van der Waals surface area (Å²) in [6, 6.07) is 7.55. The van der Waals surface area contributed by atoms with Gasteiger partial charge < -0.3 is 15.4 Å². The zero-order valence-corrected chi connectivity index (χ0v) is 18.7. The van der Waals surface area contributed by atoms with Gasteiger partial charge in [-0.25, -0.2) is 4.79 Å². The molecule has 2 heterocycles. The molecule has 0 saturated carbocycles. The number of carbonyl (C=O) groups is 1. The Balaban J connectivity index is 1.39. The minimum atomic E-state index is -0.444. The molecule has 1 aliphatic carbocycles. The van der Waals surface area contributed by atoms with E-state index in [1.54, 1.807) is 17.9 Å². The minimum Gasteiger partial charge on any atom is -0.411 e. The van der Waals surface area contributed by atoms with Gasteiger partial charge in [-0.3, -0.25) is 19.1 Å².